The van der Waals surface area contributed by atoms with E-state index in [0.717, 1.165) is 17.0 Å². The van der Waals surface area contributed by atoms with Gasteiger partial charge in [-0.15, -0.1) is 0 Å². The SMILES string of the molecule is CCc1ccc(C(C)Br)c(Cl)c1. The van der Waals surface area contributed by atoms with Crippen LogP contribution in [0, 0.1) is 0 Å². The standard InChI is InChI=1S/C10H12BrCl/c1-3-8-4-5-9(7(2)11)10(12)6-8/h4-7H,3H2,1-2H3. The first-order chi connectivity index (χ1) is 5.65. The molecule has 1 aromatic rings. The molecule has 0 fully saturated rings. The van der Waals surface area contributed by atoms with Gasteiger partial charge >= 0.3 is 0 Å². The summed E-state index contributed by atoms with van der Waals surface area (Å²) in [5.74, 6) is 0. The van der Waals surface area contributed by atoms with E-state index < -0.39 is 0 Å². The number of aryl methyl sites for hydroxylation is 1. The van der Waals surface area contributed by atoms with Gasteiger partial charge in [-0.05, 0) is 30.5 Å². The average molecular weight is 248 g/mol. The Balaban J connectivity index is 3.03. The van der Waals surface area contributed by atoms with E-state index in [0.29, 0.717) is 4.83 Å². The van der Waals surface area contributed by atoms with Gasteiger partial charge < -0.3 is 0 Å². The van der Waals surface area contributed by atoms with Crippen molar-refractivity contribution in [1.82, 2.24) is 0 Å². The maximum Gasteiger partial charge on any atom is 0.0451 e. The van der Waals surface area contributed by atoms with Crippen LogP contribution in [0.25, 0.3) is 0 Å². The highest BCUT2D eigenvalue weighted by atomic mass is 79.9. The number of hydrogen-bond acceptors (Lipinski definition) is 0. The largest absolute Gasteiger partial charge is 0.0841 e. The van der Waals surface area contributed by atoms with Crippen LogP contribution in [-0.2, 0) is 6.42 Å². The van der Waals surface area contributed by atoms with E-state index in [-0.39, 0.29) is 0 Å². The maximum atomic E-state index is 6.07. The fourth-order valence-electron chi connectivity index (χ4n) is 1.11. The van der Waals surface area contributed by atoms with Crippen LogP contribution < -0.4 is 0 Å². The van der Waals surface area contributed by atoms with Crippen molar-refractivity contribution >= 4 is 27.5 Å². The molecule has 0 aliphatic carbocycles. The van der Waals surface area contributed by atoms with Crippen molar-refractivity contribution in [3.05, 3.63) is 34.3 Å². The summed E-state index contributed by atoms with van der Waals surface area (Å²) in [5.41, 5.74) is 2.45. The van der Waals surface area contributed by atoms with Gasteiger partial charge in [-0.3, -0.25) is 0 Å². The van der Waals surface area contributed by atoms with Gasteiger partial charge in [0.2, 0.25) is 0 Å². The summed E-state index contributed by atoms with van der Waals surface area (Å²) >= 11 is 9.57. The molecule has 0 spiro atoms. The zero-order valence-corrected chi connectivity index (χ0v) is 9.61. The third-order valence-electron chi connectivity index (χ3n) is 1.90. The van der Waals surface area contributed by atoms with Crippen molar-refractivity contribution in [2.24, 2.45) is 0 Å². The molecule has 0 heterocycles. The number of benzene rings is 1. The molecule has 0 aliphatic rings. The van der Waals surface area contributed by atoms with Gasteiger partial charge in [0, 0.05) is 9.85 Å². The van der Waals surface area contributed by atoms with Crippen LogP contribution in [0.15, 0.2) is 18.2 Å². The summed E-state index contributed by atoms with van der Waals surface area (Å²) in [6.07, 6.45) is 1.04. The quantitative estimate of drug-likeness (QED) is 0.681. The second-order valence-corrected chi connectivity index (χ2v) is 4.61. The van der Waals surface area contributed by atoms with Crippen molar-refractivity contribution < 1.29 is 0 Å². The molecule has 0 aliphatic heterocycles. The van der Waals surface area contributed by atoms with Gasteiger partial charge in [-0.25, -0.2) is 0 Å². The highest BCUT2D eigenvalue weighted by Crippen LogP contribution is 2.29. The molecule has 0 amide bonds. The van der Waals surface area contributed by atoms with Gasteiger partial charge in [0.25, 0.3) is 0 Å². The van der Waals surface area contributed by atoms with E-state index in [2.05, 4.69) is 41.9 Å². The highest BCUT2D eigenvalue weighted by molar-refractivity contribution is 9.09. The van der Waals surface area contributed by atoms with Crippen LogP contribution >= 0.6 is 27.5 Å². The molecule has 2 heteroatoms. The second-order valence-electron chi connectivity index (χ2n) is 2.83. The van der Waals surface area contributed by atoms with Gasteiger partial charge in [-0.1, -0.05) is 46.6 Å². The molecule has 1 atom stereocenters. The number of alkyl halides is 1. The Morgan fingerprint density at radius 1 is 1.50 bits per heavy atom. The Bertz CT molecular complexity index is 269. The average Bonchev–Trinajstić information content (AvgIpc) is 2.03. The molecule has 66 valence electrons. The topological polar surface area (TPSA) is 0 Å². The summed E-state index contributed by atoms with van der Waals surface area (Å²) in [6.45, 7) is 4.20. The van der Waals surface area contributed by atoms with Crippen molar-refractivity contribution in [2.45, 2.75) is 25.1 Å². The van der Waals surface area contributed by atoms with Gasteiger partial charge in [0.15, 0.2) is 0 Å². The van der Waals surface area contributed by atoms with Crippen molar-refractivity contribution in [2.75, 3.05) is 0 Å². The van der Waals surface area contributed by atoms with Crippen molar-refractivity contribution in [1.29, 1.82) is 0 Å². The molecule has 0 N–H and O–H groups in total. The Hall–Kier alpha value is -0.0100. The third kappa shape index (κ3) is 2.24. The number of rotatable bonds is 2. The zero-order chi connectivity index (χ0) is 9.14. The lowest BCUT2D eigenvalue weighted by molar-refractivity contribution is 1.09. The van der Waals surface area contributed by atoms with Crippen LogP contribution in [0.1, 0.15) is 29.8 Å². The fraction of sp³-hybridized carbons (Fsp3) is 0.400. The van der Waals surface area contributed by atoms with Crippen LogP contribution in [0.4, 0.5) is 0 Å². The van der Waals surface area contributed by atoms with E-state index in [4.69, 9.17) is 11.6 Å². The molecule has 0 aromatic heterocycles. The van der Waals surface area contributed by atoms with Crippen LogP contribution in [0.3, 0.4) is 0 Å². The molecular formula is C10H12BrCl. The molecule has 0 saturated heterocycles. The molecule has 0 saturated carbocycles. The second kappa shape index (κ2) is 4.29. The minimum Gasteiger partial charge on any atom is -0.0841 e. The third-order valence-corrected chi connectivity index (χ3v) is 2.72. The van der Waals surface area contributed by atoms with Crippen LogP contribution in [0.2, 0.25) is 5.02 Å². The maximum absolute atomic E-state index is 6.07. The first-order valence-corrected chi connectivity index (χ1v) is 5.37. The molecular weight excluding hydrogens is 235 g/mol. The highest BCUT2D eigenvalue weighted by Gasteiger charge is 2.05. The smallest absolute Gasteiger partial charge is 0.0451 e. The predicted octanol–water partition coefficient (Wildman–Crippen LogP) is 4.36. The Morgan fingerprint density at radius 3 is 2.58 bits per heavy atom. The lowest BCUT2D eigenvalue weighted by atomic mass is 10.1. The van der Waals surface area contributed by atoms with E-state index in [9.17, 15) is 0 Å². The summed E-state index contributed by atoms with van der Waals surface area (Å²) in [4.78, 5) is 0.330. The summed E-state index contributed by atoms with van der Waals surface area (Å²) in [7, 11) is 0. The lowest BCUT2D eigenvalue weighted by Crippen LogP contribution is -1.87. The van der Waals surface area contributed by atoms with Crippen LogP contribution in [0.5, 0.6) is 0 Å². The molecule has 0 nitrogen and oxygen atoms in total. The number of halogens is 2. The van der Waals surface area contributed by atoms with Gasteiger partial charge in [0.05, 0.1) is 0 Å². The fourth-order valence-corrected chi connectivity index (χ4v) is 2.01. The lowest BCUT2D eigenvalue weighted by Gasteiger charge is -2.07. The molecule has 0 radical (unpaired) electrons. The molecule has 0 bridgehead atoms. The number of hydrogen-bond donors (Lipinski definition) is 0. The summed E-state index contributed by atoms with van der Waals surface area (Å²) in [6, 6.07) is 6.24. The van der Waals surface area contributed by atoms with E-state index in [1.54, 1.807) is 0 Å². The van der Waals surface area contributed by atoms with Gasteiger partial charge in [-0.2, -0.15) is 0 Å². The van der Waals surface area contributed by atoms with Gasteiger partial charge in [0.1, 0.15) is 0 Å². The Kier molecular flexibility index (Phi) is 3.60. The first-order valence-electron chi connectivity index (χ1n) is 4.07. The Labute approximate surface area is 87.1 Å². The predicted molar refractivity (Wildman–Crippen MR) is 58.2 cm³/mol. The zero-order valence-electron chi connectivity index (χ0n) is 7.27. The van der Waals surface area contributed by atoms with E-state index >= 15 is 0 Å². The Morgan fingerprint density at radius 2 is 2.17 bits per heavy atom. The normalized spacial score (nSPS) is 13.0. The van der Waals surface area contributed by atoms with Crippen molar-refractivity contribution in [3.8, 4) is 0 Å². The molecule has 1 aromatic carbocycles. The molecule has 1 rings (SSSR count). The minimum absolute atomic E-state index is 0.330. The first kappa shape index (κ1) is 10.1. The molecule has 1 unspecified atom stereocenters. The summed E-state index contributed by atoms with van der Waals surface area (Å²) < 4.78 is 0. The summed E-state index contributed by atoms with van der Waals surface area (Å²) in [5, 5.41) is 0.860. The van der Waals surface area contributed by atoms with Crippen molar-refractivity contribution in [3.63, 3.8) is 0 Å². The van der Waals surface area contributed by atoms with E-state index in [1.807, 2.05) is 6.07 Å². The minimum atomic E-state index is 0.330. The monoisotopic (exact) mass is 246 g/mol. The van der Waals surface area contributed by atoms with Crippen LogP contribution in [-0.4, -0.2) is 0 Å². The molecule has 12 heavy (non-hydrogen) atoms. The van der Waals surface area contributed by atoms with E-state index in [1.165, 1.54) is 5.56 Å².